The molecule has 0 saturated carbocycles. The number of benzene rings is 1. The molecule has 40 heavy (non-hydrogen) atoms. The molecule has 1 aromatic carbocycles. The summed E-state index contributed by atoms with van der Waals surface area (Å²) in [6.45, 7) is 4.96. The zero-order valence-corrected chi connectivity index (χ0v) is 21.9. The van der Waals surface area contributed by atoms with Crippen LogP contribution in [0.5, 0.6) is 0 Å². The number of nitrogens with two attached hydrogens (primary N) is 2. The highest BCUT2D eigenvalue weighted by Crippen LogP contribution is 2.23. The lowest BCUT2D eigenvalue weighted by atomic mass is 10.1. The van der Waals surface area contributed by atoms with E-state index in [0.29, 0.717) is 43.5 Å². The van der Waals surface area contributed by atoms with Gasteiger partial charge in [0.05, 0.1) is 18.8 Å². The van der Waals surface area contributed by atoms with E-state index in [0.717, 1.165) is 31.3 Å². The highest BCUT2D eigenvalue weighted by molar-refractivity contribution is 5.77. The minimum atomic E-state index is -0.562. The summed E-state index contributed by atoms with van der Waals surface area (Å²) in [5.41, 5.74) is 12.7. The van der Waals surface area contributed by atoms with Crippen molar-refractivity contribution in [3.8, 4) is 5.82 Å². The summed E-state index contributed by atoms with van der Waals surface area (Å²) in [4.78, 5) is 26.1. The molecular weight excluding hydrogens is 522 g/mol. The smallest absolute Gasteiger partial charge is 0.235 e. The standard InChI is InChI=1S/C26H32F2N10O2/c27-19-8-20(28)10-21(9-19)36-6-4-35(5-7-36)3-1-2-18-13-32-38(14-18)24-11-23(33-26(30)34-24)37-15-22(16-37)40-17-31-25(39)12-29/h1-2,8-11,13-14,22H,3-7,12,15-17,29H2,(H,31,39)(H2,30,33,34)/b2-1+. The van der Waals surface area contributed by atoms with Crippen molar-refractivity contribution in [3.05, 3.63) is 59.9 Å². The molecule has 5 N–H and O–H groups in total. The molecule has 2 fully saturated rings. The maximum Gasteiger partial charge on any atom is 0.235 e. The number of ether oxygens (including phenoxy) is 1. The summed E-state index contributed by atoms with van der Waals surface area (Å²) in [5, 5.41) is 7.00. The number of nitrogens with one attached hydrogen (secondary N) is 1. The van der Waals surface area contributed by atoms with E-state index in [4.69, 9.17) is 16.2 Å². The largest absolute Gasteiger partial charge is 0.369 e. The van der Waals surface area contributed by atoms with Gasteiger partial charge in [-0.05, 0) is 12.1 Å². The number of hydrogen-bond donors (Lipinski definition) is 3. The van der Waals surface area contributed by atoms with E-state index < -0.39 is 11.6 Å². The molecule has 0 atom stereocenters. The van der Waals surface area contributed by atoms with Crippen molar-refractivity contribution in [3.63, 3.8) is 0 Å². The van der Waals surface area contributed by atoms with E-state index in [1.807, 2.05) is 28.1 Å². The number of anilines is 3. The van der Waals surface area contributed by atoms with Crippen molar-refractivity contribution in [1.82, 2.24) is 30.0 Å². The van der Waals surface area contributed by atoms with Crippen molar-refractivity contribution >= 4 is 29.4 Å². The lowest BCUT2D eigenvalue weighted by Gasteiger charge is -2.39. The first-order valence-corrected chi connectivity index (χ1v) is 13.0. The van der Waals surface area contributed by atoms with Gasteiger partial charge in [0.1, 0.15) is 24.2 Å². The molecule has 2 saturated heterocycles. The van der Waals surface area contributed by atoms with Crippen LogP contribution in [-0.4, -0.2) is 95.7 Å². The molecule has 0 bridgehead atoms. The Hall–Kier alpha value is -4.14. The maximum atomic E-state index is 13.5. The van der Waals surface area contributed by atoms with E-state index in [9.17, 15) is 13.6 Å². The predicted molar refractivity (Wildman–Crippen MR) is 147 cm³/mol. The van der Waals surface area contributed by atoms with Gasteiger partial charge in [0.25, 0.3) is 0 Å². The molecular formula is C26H32F2N10O2. The first-order chi connectivity index (χ1) is 19.4. The van der Waals surface area contributed by atoms with Crippen LogP contribution >= 0.6 is 0 Å². The number of rotatable bonds is 10. The fourth-order valence-corrected chi connectivity index (χ4v) is 4.56. The van der Waals surface area contributed by atoms with Crippen LogP contribution in [0.3, 0.4) is 0 Å². The SMILES string of the molecule is NCC(=O)NCOC1CN(c2cc(-n3cc(/C=C/CN4CCN(c5cc(F)cc(F)c5)CC4)cn3)nc(N)n2)C1. The van der Waals surface area contributed by atoms with Crippen LogP contribution in [0.2, 0.25) is 0 Å². The zero-order chi connectivity index (χ0) is 28.1. The van der Waals surface area contributed by atoms with Gasteiger partial charge in [0.15, 0.2) is 5.82 Å². The number of aromatic nitrogens is 4. The summed E-state index contributed by atoms with van der Waals surface area (Å²) >= 11 is 0. The van der Waals surface area contributed by atoms with E-state index in [2.05, 4.69) is 31.4 Å². The molecule has 12 nitrogen and oxygen atoms in total. The van der Waals surface area contributed by atoms with Crippen LogP contribution in [0.25, 0.3) is 11.9 Å². The molecule has 2 aromatic heterocycles. The fraction of sp³-hybridized carbons (Fsp3) is 0.385. The maximum absolute atomic E-state index is 13.5. The van der Waals surface area contributed by atoms with E-state index in [1.54, 1.807) is 10.9 Å². The Morgan fingerprint density at radius 1 is 1.05 bits per heavy atom. The Labute approximate surface area is 230 Å². The van der Waals surface area contributed by atoms with Crippen molar-refractivity contribution in [2.24, 2.45) is 5.73 Å². The molecule has 3 aromatic rings. The van der Waals surface area contributed by atoms with Crippen LogP contribution in [0.1, 0.15) is 5.56 Å². The molecule has 5 rings (SSSR count). The molecule has 0 spiro atoms. The van der Waals surface area contributed by atoms with Crippen molar-refractivity contribution < 1.29 is 18.3 Å². The van der Waals surface area contributed by atoms with E-state index in [-0.39, 0.29) is 31.2 Å². The zero-order valence-electron chi connectivity index (χ0n) is 21.9. The van der Waals surface area contributed by atoms with Crippen LogP contribution in [0, 0.1) is 11.6 Å². The third-order valence-electron chi connectivity index (χ3n) is 6.76. The average molecular weight is 555 g/mol. The Kier molecular flexibility index (Phi) is 8.48. The van der Waals surface area contributed by atoms with Crippen LogP contribution in [0.15, 0.2) is 42.7 Å². The molecule has 0 aliphatic carbocycles. The van der Waals surface area contributed by atoms with Crippen molar-refractivity contribution in [2.75, 3.05) is 74.6 Å². The Morgan fingerprint density at radius 2 is 1.77 bits per heavy atom. The number of nitrogen functional groups attached to an aromatic ring is 1. The van der Waals surface area contributed by atoms with Gasteiger partial charge >= 0.3 is 0 Å². The topological polar surface area (TPSA) is 144 Å². The Bertz CT molecular complexity index is 1330. The molecule has 1 amide bonds. The van der Waals surface area contributed by atoms with Gasteiger partial charge in [-0.3, -0.25) is 9.69 Å². The minimum Gasteiger partial charge on any atom is -0.369 e. The number of carbonyl (C=O) groups is 1. The quantitative estimate of drug-likeness (QED) is 0.305. The first-order valence-electron chi connectivity index (χ1n) is 13.0. The molecule has 2 aliphatic rings. The average Bonchev–Trinajstić information content (AvgIpc) is 3.38. The number of hydrogen-bond acceptors (Lipinski definition) is 10. The second-order valence-electron chi connectivity index (χ2n) is 9.62. The van der Waals surface area contributed by atoms with E-state index in [1.165, 1.54) is 12.1 Å². The monoisotopic (exact) mass is 554 g/mol. The minimum absolute atomic E-state index is 0.0357. The Morgan fingerprint density at radius 3 is 2.50 bits per heavy atom. The predicted octanol–water partition coefficient (Wildman–Crippen LogP) is 0.596. The molecule has 14 heteroatoms. The summed E-state index contributed by atoms with van der Waals surface area (Å²) < 4.78 is 34.3. The second kappa shape index (κ2) is 12.4. The number of nitrogens with zero attached hydrogens (tertiary/aromatic N) is 7. The van der Waals surface area contributed by atoms with Gasteiger partial charge in [-0.1, -0.05) is 12.2 Å². The summed E-state index contributed by atoms with van der Waals surface area (Å²) in [6, 6.07) is 5.44. The molecule has 212 valence electrons. The van der Waals surface area contributed by atoms with Crippen LogP contribution < -0.4 is 26.6 Å². The number of piperazine rings is 1. The summed E-state index contributed by atoms with van der Waals surface area (Å²) in [5.74, 6) is -0.0370. The lowest BCUT2D eigenvalue weighted by molar-refractivity contribution is -0.122. The fourth-order valence-electron chi connectivity index (χ4n) is 4.56. The summed E-state index contributed by atoms with van der Waals surface area (Å²) in [6.07, 6.45) is 7.62. The van der Waals surface area contributed by atoms with Gasteiger partial charge in [-0.2, -0.15) is 15.1 Å². The van der Waals surface area contributed by atoms with Crippen LogP contribution in [-0.2, 0) is 9.53 Å². The third kappa shape index (κ3) is 6.89. The first kappa shape index (κ1) is 27.4. The number of amides is 1. The summed E-state index contributed by atoms with van der Waals surface area (Å²) in [7, 11) is 0. The highest BCUT2D eigenvalue weighted by Gasteiger charge is 2.29. The molecule has 4 heterocycles. The molecule has 2 aliphatic heterocycles. The van der Waals surface area contributed by atoms with Gasteiger partial charge in [-0.25, -0.2) is 13.5 Å². The van der Waals surface area contributed by atoms with E-state index >= 15 is 0 Å². The second-order valence-corrected chi connectivity index (χ2v) is 9.62. The Balaban J connectivity index is 1.11. The van der Waals surface area contributed by atoms with Gasteiger partial charge in [0.2, 0.25) is 11.9 Å². The number of carbonyl (C=O) groups excluding carboxylic acids is 1. The van der Waals surface area contributed by atoms with Gasteiger partial charge < -0.3 is 31.3 Å². The lowest BCUT2D eigenvalue weighted by Crippen LogP contribution is -2.53. The molecule has 0 unspecified atom stereocenters. The van der Waals surface area contributed by atoms with Crippen LogP contribution in [0.4, 0.5) is 26.2 Å². The highest BCUT2D eigenvalue weighted by atomic mass is 19.1. The third-order valence-corrected chi connectivity index (χ3v) is 6.76. The van der Waals surface area contributed by atoms with Gasteiger partial charge in [0, 0.05) is 75.4 Å². The molecule has 0 radical (unpaired) electrons. The van der Waals surface area contributed by atoms with Crippen molar-refractivity contribution in [2.45, 2.75) is 6.10 Å². The number of halogens is 2. The van der Waals surface area contributed by atoms with Gasteiger partial charge in [-0.15, -0.1) is 0 Å². The normalized spacial score (nSPS) is 16.5. The van der Waals surface area contributed by atoms with Crippen molar-refractivity contribution in [1.29, 1.82) is 0 Å².